The van der Waals surface area contributed by atoms with E-state index in [1.54, 1.807) is 13.4 Å². The third-order valence-electron chi connectivity index (χ3n) is 4.83. The third kappa shape index (κ3) is 4.10. The standard InChI is InChI=1S/C17H28N2O3/c1-20-10-7-18-8-11-21-15-17(13-18)5-3-6-19(14-17)12-16-4-2-9-22-16/h2,4,9H,3,5-8,10-15H2,1H3/t17-/m0/s1. The Bertz CT molecular complexity index is 437. The largest absolute Gasteiger partial charge is 0.468 e. The van der Waals surface area contributed by atoms with Gasteiger partial charge < -0.3 is 13.9 Å². The lowest BCUT2D eigenvalue weighted by Gasteiger charge is -2.43. The average molecular weight is 308 g/mol. The van der Waals surface area contributed by atoms with Crippen molar-refractivity contribution in [3.63, 3.8) is 0 Å². The third-order valence-corrected chi connectivity index (χ3v) is 4.83. The van der Waals surface area contributed by atoms with Crippen molar-refractivity contribution in [2.75, 3.05) is 59.7 Å². The lowest BCUT2D eigenvalue weighted by atomic mass is 9.80. The molecule has 2 fully saturated rings. The molecule has 0 aromatic carbocycles. The molecule has 0 saturated carbocycles. The van der Waals surface area contributed by atoms with Crippen molar-refractivity contribution in [3.05, 3.63) is 24.2 Å². The number of rotatable bonds is 5. The molecule has 0 radical (unpaired) electrons. The Morgan fingerprint density at radius 3 is 3.00 bits per heavy atom. The molecule has 0 bridgehead atoms. The molecule has 0 unspecified atom stereocenters. The monoisotopic (exact) mass is 308 g/mol. The normalized spacial score (nSPS) is 28.0. The van der Waals surface area contributed by atoms with Crippen LogP contribution in [0.3, 0.4) is 0 Å². The van der Waals surface area contributed by atoms with Gasteiger partial charge in [-0.1, -0.05) is 0 Å². The Morgan fingerprint density at radius 1 is 1.27 bits per heavy atom. The molecule has 0 N–H and O–H groups in total. The summed E-state index contributed by atoms with van der Waals surface area (Å²) < 4.78 is 16.7. The number of ether oxygens (including phenoxy) is 2. The van der Waals surface area contributed by atoms with Crippen molar-refractivity contribution in [1.82, 2.24) is 9.80 Å². The van der Waals surface area contributed by atoms with E-state index in [0.29, 0.717) is 0 Å². The molecule has 0 aliphatic carbocycles. The van der Waals surface area contributed by atoms with Gasteiger partial charge in [0.25, 0.3) is 0 Å². The predicted octanol–water partition coefficient (Wildman–Crippen LogP) is 1.84. The molecule has 0 amide bonds. The molecule has 2 aliphatic heterocycles. The zero-order valence-electron chi connectivity index (χ0n) is 13.6. The highest BCUT2D eigenvalue weighted by Gasteiger charge is 2.38. The Hall–Kier alpha value is -0.880. The first-order valence-electron chi connectivity index (χ1n) is 8.33. The zero-order valence-corrected chi connectivity index (χ0v) is 13.6. The van der Waals surface area contributed by atoms with E-state index in [2.05, 4.69) is 15.9 Å². The molecule has 22 heavy (non-hydrogen) atoms. The van der Waals surface area contributed by atoms with Gasteiger partial charge in [-0.3, -0.25) is 9.80 Å². The highest BCUT2D eigenvalue weighted by atomic mass is 16.5. The molecule has 1 aromatic rings. The van der Waals surface area contributed by atoms with Crippen molar-refractivity contribution < 1.29 is 13.9 Å². The second-order valence-electron chi connectivity index (χ2n) is 6.72. The number of piperidine rings is 1. The summed E-state index contributed by atoms with van der Waals surface area (Å²) in [5, 5.41) is 0. The molecule has 3 heterocycles. The van der Waals surface area contributed by atoms with Gasteiger partial charge in [-0.15, -0.1) is 0 Å². The summed E-state index contributed by atoms with van der Waals surface area (Å²) in [7, 11) is 1.77. The van der Waals surface area contributed by atoms with E-state index in [4.69, 9.17) is 13.9 Å². The molecule has 1 atom stereocenters. The van der Waals surface area contributed by atoms with Crippen LogP contribution >= 0.6 is 0 Å². The Labute approximate surface area is 133 Å². The van der Waals surface area contributed by atoms with Gasteiger partial charge in [-0.2, -0.15) is 0 Å². The summed E-state index contributed by atoms with van der Waals surface area (Å²) in [6, 6.07) is 4.03. The number of nitrogens with zero attached hydrogens (tertiary/aromatic N) is 2. The fraction of sp³-hybridized carbons (Fsp3) is 0.765. The number of hydrogen-bond acceptors (Lipinski definition) is 5. The van der Waals surface area contributed by atoms with Crippen molar-refractivity contribution in [1.29, 1.82) is 0 Å². The second-order valence-corrected chi connectivity index (χ2v) is 6.72. The van der Waals surface area contributed by atoms with Gasteiger partial charge in [0.2, 0.25) is 0 Å². The molecule has 1 spiro atoms. The van der Waals surface area contributed by atoms with Crippen LogP contribution in [0.4, 0.5) is 0 Å². The van der Waals surface area contributed by atoms with Crippen LogP contribution in [0, 0.1) is 5.41 Å². The maximum Gasteiger partial charge on any atom is 0.117 e. The smallest absolute Gasteiger partial charge is 0.117 e. The van der Waals surface area contributed by atoms with E-state index in [0.717, 1.165) is 64.8 Å². The zero-order chi connectivity index (χ0) is 15.3. The molecule has 5 nitrogen and oxygen atoms in total. The predicted molar refractivity (Wildman–Crippen MR) is 84.8 cm³/mol. The second kappa shape index (κ2) is 7.59. The Kier molecular flexibility index (Phi) is 5.52. The summed E-state index contributed by atoms with van der Waals surface area (Å²) in [6.07, 6.45) is 4.25. The fourth-order valence-electron chi connectivity index (χ4n) is 3.81. The van der Waals surface area contributed by atoms with Crippen LogP contribution in [0.2, 0.25) is 0 Å². The average Bonchev–Trinajstić information content (AvgIpc) is 2.94. The minimum absolute atomic E-state index is 0.259. The Morgan fingerprint density at radius 2 is 2.18 bits per heavy atom. The Balaban J connectivity index is 1.62. The lowest BCUT2D eigenvalue weighted by molar-refractivity contribution is -0.000179. The van der Waals surface area contributed by atoms with E-state index < -0.39 is 0 Å². The van der Waals surface area contributed by atoms with Crippen LogP contribution in [0.1, 0.15) is 18.6 Å². The SMILES string of the molecule is COCCN1CCOC[C@@]2(CCCN(Cc3ccco3)C2)C1. The summed E-state index contributed by atoms with van der Waals surface area (Å²) in [4.78, 5) is 5.03. The van der Waals surface area contributed by atoms with Gasteiger partial charge in [0, 0.05) is 38.7 Å². The van der Waals surface area contributed by atoms with Gasteiger partial charge in [-0.05, 0) is 31.5 Å². The van der Waals surface area contributed by atoms with Crippen molar-refractivity contribution in [3.8, 4) is 0 Å². The molecule has 2 aliphatic rings. The molecule has 1 aromatic heterocycles. The summed E-state index contributed by atoms with van der Waals surface area (Å²) in [6.45, 7) is 8.81. The van der Waals surface area contributed by atoms with E-state index in [9.17, 15) is 0 Å². The molecular weight excluding hydrogens is 280 g/mol. The molecule has 3 rings (SSSR count). The highest BCUT2D eigenvalue weighted by molar-refractivity contribution is 4.99. The fourth-order valence-corrected chi connectivity index (χ4v) is 3.81. The maximum atomic E-state index is 5.95. The number of hydrogen-bond donors (Lipinski definition) is 0. The van der Waals surface area contributed by atoms with E-state index in [-0.39, 0.29) is 5.41 Å². The van der Waals surface area contributed by atoms with E-state index >= 15 is 0 Å². The first kappa shape index (κ1) is 16.0. The van der Waals surface area contributed by atoms with E-state index in [1.807, 2.05) is 6.07 Å². The van der Waals surface area contributed by atoms with E-state index in [1.165, 1.54) is 12.8 Å². The van der Waals surface area contributed by atoms with Crippen LogP contribution in [0.25, 0.3) is 0 Å². The topological polar surface area (TPSA) is 38.1 Å². The van der Waals surface area contributed by atoms with Crippen molar-refractivity contribution >= 4 is 0 Å². The first-order valence-corrected chi connectivity index (χ1v) is 8.33. The minimum Gasteiger partial charge on any atom is -0.468 e. The van der Waals surface area contributed by atoms with Gasteiger partial charge in [0.1, 0.15) is 5.76 Å². The van der Waals surface area contributed by atoms with Crippen LogP contribution in [0.15, 0.2) is 22.8 Å². The van der Waals surface area contributed by atoms with Crippen LogP contribution in [-0.4, -0.2) is 69.5 Å². The summed E-state index contributed by atoms with van der Waals surface area (Å²) in [5.41, 5.74) is 0.259. The number of methoxy groups -OCH3 is 1. The van der Waals surface area contributed by atoms with Crippen molar-refractivity contribution in [2.45, 2.75) is 19.4 Å². The highest BCUT2D eigenvalue weighted by Crippen LogP contribution is 2.33. The van der Waals surface area contributed by atoms with Gasteiger partial charge in [0.05, 0.1) is 32.6 Å². The van der Waals surface area contributed by atoms with Crippen LogP contribution < -0.4 is 0 Å². The quantitative estimate of drug-likeness (QED) is 0.830. The van der Waals surface area contributed by atoms with Crippen LogP contribution in [-0.2, 0) is 16.0 Å². The number of furan rings is 1. The van der Waals surface area contributed by atoms with Crippen molar-refractivity contribution in [2.24, 2.45) is 5.41 Å². The van der Waals surface area contributed by atoms with Crippen LogP contribution in [0.5, 0.6) is 0 Å². The lowest BCUT2D eigenvalue weighted by Crippen LogP contribution is -2.50. The first-order chi connectivity index (χ1) is 10.8. The molecule has 2 saturated heterocycles. The summed E-state index contributed by atoms with van der Waals surface area (Å²) in [5.74, 6) is 1.06. The maximum absolute atomic E-state index is 5.95. The van der Waals surface area contributed by atoms with Gasteiger partial charge >= 0.3 is 0 Å². The van der Waals surface area contributed by atoms with Gasteiger partial charge in [-0.25, -0.2) is 0 Å². The number of likely N-dealkylation sites (tertiary alicyclic amines) is 1. The minimum atomic E-state index is 0.259. The summed E-state index contributed by atoms with van der Waals surface area (Å²) >= 11 is 0. The molecule has 5 heteroatoms. The van der Waals surface area contributed by atoms with Gasteiger partial charge in [0.15, 0.2) is 0 Å². The molecule has 124 valence electrons. The molecular formula is C17H28N2O3.